The fourth-order valence-corrected chi connectivity index (χ4v) is 1.80. The fourth-order valence-electron chi connectivity index (χ4n) is 1.80. The van der Waals surface area contributed by atoms with E-state index in [0.29, 0.717) is 16.7 Å². The number of hydrogen-bond donors (Lipinski definition) is 1. The molecule has 0 aromatic carbocycles. The average molecular weight is 226 g/mol. The second kappa shape index (κ2) is 3.59. The maximum atomic E-state index is 12.0. The third-order valence-corrected chi connectivity index (χ3v) is 2.65. The molecule has 0 spiro atoms. The Morgan fingerprint density at radius 1 is 1.35 bits per heavy atom. The summed E-state index contributed by atoms with van der Waals surface area (Å²) in [6.45, 7) is 1.91. The van der Waals surface area contributed by atoms with Gasteiger partial charge in [0.15, 0.2) is 5.43 Å². The zero-order valence-electron chi connectivity index (χ0n) is 9.23. The highest BCUT2D eigenvalue weighted by Gasteiger charge is 2.06. The number of aromatic amines is 1. The van der Waals surface area contributed by atoms with E-state index >= 15 is 0 Å². The Morgan fingerprint density at radius 2 is 2.24 bits per heavy atom. The number of hydrogen-bond acceptors (Lipinski definition) is 3. The standard InChI is InChI=1S/C13H10N2O2/c1-8-4-10-12(16)5-11(9-2-3-17-7-9)15-13(10)14-6-8/h2-7H,1H3,(H,14,15,16). The van der Waals surface area contributed by atoms with Gasteiger partial charge in [-0.2, -0.15) is 0 Å². The molecule has 0 bridgehead atoms. The molecule has 0 fully saturated rings. The van der Waals surface area contributed by atoms with Crippen molar-refractivity contribution >= 4 is 11.0 Å². The van der Waals surface area contributed by atoms with Crippen LogP contribution in [0.25, 0.3) is 22.3 Å². The summed E-state index contributed by atoms with van der Waals surface area (Å²) in [5.74, 6) is 0. The number of pyridine rings is 2. The van der Waals surface area contributed by atoms with E-state index in [1.807, 2.05) is 13.0 Å². The Bertz CT molecular complexity index is 727. The maximum Gasteiger partial charge on any atom is 0.191 e. The van der Waals surface area contributed by atoms with Gasteiger partial charge in [-0.25, -0.2) is 4.98 Å². The molecular weight excluding hydrogens is 216 g/mol. The zero-order valence-corrected chi connectivity index (χ0v) is 9.23. The average Bonchev–Trinajstić information content (AvgIpc) is 2.83. The molecule has 0 unspecified atom stereocenters. The summed E-state index contributed by atoms with van der Waals surface area (Å²) in [5.41, 5.74) is 3.09. The lowest BCUT2D eigenvalue weighted by molar-refractivity contribution is 0.568. The number of rotatable bonds is 1. The molecule has 0 saturated heterocycles. The minimum absolute atomic E-state index is 0.0360. The lowest BCUT2D eigenvalue weighted by atomic mass is 10.1. The summed E-state index contributed by atoms with van der Waals surface area (Å²) in [5, 5.41) is 0.609. The van der Waals surface area contributed by atoms with E-state index in [4.69, 9.17) is 4.42 Å². The molecule has 0 aliphatic carbocycles. The molecule has 4 heteroatoms. The zero-order chi connectivity index (χ0) is 11.8. The molecule has 84 valence electrons. The largest absolute Gasteiger partial charge is 0.472 e. The van der Waals surface area contributed by atoms with Crippen LogP contribution in [-0.4, -0.2) is 9.97 Å². The molecule has 1 N–H and O–H groups in total. The first-order valence-corrected chi connectivity index (χ1v) is 5.26. The molecule has 0 atom stereocenters. The molecule has 0 saturated carbocycles. The maximum absolute atomic E-state index is 12.0. The summed E-state index contributed by atoms with van der Waals surface area (Å²) in [7, 11) is 0. The van der Waals surface area contributed by atoms with Crippen LogP contribution in [0.2, 0.25) is 0 Å². The summed E-state index contributed by atoms with van der Waals surface area (Å²) >= 11 is 0. The van der Waals surface area contributed by atoms with E-state index in [2.05, 4.69) is 9.97 Å². The van der Waals surface area contributed by atoms with Crippen molar-refractivity contribution in [2.24, 2.45) is 0 Å². The van der Waals surface area contributed by atoms with Gasteiger partial charge in [0.2, 0.25) is 0 Å². The van der Waals surface area contributed by atoms with Crippen molar-refractivity contribution in [2.45, 2.75) is 6.92 Å². The van der Waals surface area contributed by atoms with E-state index in [-0.39, 0.29) is 5.43 Å². The van der Waals surface area contributed by atoms with E-state index in [0.717, 1.165) is 11.1 Å². The molecule has 3 rings (SSSR count). The van der Waals surface area contributed by atoms with Crippen LogP contribution in [0.3, 0.4) is 0 Å². The number of aromatic nitrogens is 2. The van der Waals surface area contributed by atoms with Crippen molar-refractivity contribution in [1.29, 1.82) is 0 Å². The second-order valence-corrected chi connectivity index (χ2v) is 3.97. The van der Waals surface area contributed by atoms with Crippen LogP contribution >= 0.6 is 0 Å². The third kappa shape index (κ3) is 1.63. The SMILES string of the molecule is Cc1cnc2[nH]c(-c3ccoc3)cc(=O)c2c1. The number of aryl methyl sites for hydroxylation is 1. The van der Waals surface area contributed by atoms with Crippen molar-refractivity contribution < 1.29 is 4.42 Å². The van der Waals surface area contributed by atoms with Crippen LogP contribution in [0.15, 0.2) is 46.1 Å². The van der Waals surface area contributed by atoms with Crippen molar-refractivity contribution in [3.05, 3.63) is 52.7 Å². The smallest absolute Gasteiger partial charge is 0.191 e. The monoisotopic (exact) mass is 226 g/mol. The molecule has 3 aromatic heterocycles. The quantitative estimate of drug-likeness (QED) is 0.693. The van der Waals surface area contributed by atoms with E-state index < -0.39 is 0 Å². The lowest BCUT2D eigenvalue weighted by Gasteiger charge is -2.02. The van der Waals surface area contributed by atoms with Gasteiger partial charge in [-0.15, -0.1) is 0 Å². The second-order valence-electron chi connectivity index (χ2n) is 3.97. The van der Waals surface area contributed by atoms with Gasteiger partial charge in [-0.05, 0) is 24.6 Å². The van der Waals surface area contributed by atoms with Crippen LogP contribution < -0.4 is 5.43 Å². The van der Waals surface area contributed by atoms with E-state index in [1.54, 1.807) is 30.9 Å². The molecule has 0 amide bonds. The van der Waals surface area contributed by atoms with Gasteiger partial charge in [-0.3, -0.25) is 4.79 Å². The molecule has 4 nitrogen and oxygen atoms in total. The summed E-state index contributed by atoms with van der Waals surface area (Å²) < 4.78 is 5.00. The molecule has 3 aromatic rings. The van der Waals surface area contributed by atoms with Gasteiger partial charge in [0.05, 0.1) is 23.6 Å². The van der Waals surface area contributed by atoms with E-state index in [9.17, 15) is 4.79 Å². The topological polar surface area (TPSA) is 58.9 Å². The van der Waals surface area contributed by atoms with Gasteiger partial charge in [-0.1, -0.05) is 0 Å². The molecule has 3 heterocycles. The van der Waals surface area contributed by atoms with Crippen LogP contribution in [0.1, 0.15) is 5.56 Å². The Balaban J connectivity index is 2.32. The normalized spacial score (nSPS) is 10.9. The number of nitrogens with one attached hydrogen (secondary N) is 1. The Labute approximate surface area is 96.9 Å². The molecular formula is C13H10N2O2. The van der Waals surface area contributed by atoms with Crippen molar-refractivity contribution in [3.63, 3.8) is 0 Å². The molecule has 17 heavy (non-hydrogen) atoms. The molecule has 0 radical (unpaired) electrons. The number of nitrogens with zero attached hydrogens (tertiary/aromatic N) is 1. The highest BCUT2D eigenvalue weighted by atomic mass is 16.3. The minimum atomic E-state index is -0.0360. The first kappa shape index (κ1) is 9.84. The predicted molar refractivity (Wildman–Crippen MR) is 64.8 cm³/mol. The van der Waals surface area contributed by atoms with Gasteiger partial charge < -0.3 is 9.40 Å². The van der Waals surface area contributed by atoms with E-state index in [1.165, 1.54) is 0 Å². The number of furan rings is 1. The predicted octanol–water partition coefficient (Wildman–Crippen LogP) is 2.49. The van der Waals surface area contributed by atoms with Crippen LogP contribution in [-0.2, 0) is 0 Å². The number of fused-ring (bicyclic) bond motifs is 1. The Hall–Kier alpha value is -2.36. The third-order valence-electron chi connectivity index (χ3n) is 2.65. The van der Waals surface area contributed by atoms with Crippen molar-refractivity contribution in [2.75, 3.05) is 0 Å². The summed E-state index contributed by atoms with van der Waals surface area (Å²) in [4.78, 5) is 19.3. The molecule has 0 aliphatic rings. The summed E-state index contributed by atoms with van der Waals surface area (Å²) in [6.07, 6.45) is 4.89. The minimum Gasteiger partial charge on any atom is -0.472 e. The van der Waals surface area contributed by atoms with Gasteiger partial charge >= 0.3 is 0 Å². The first-order chi connectivity index (χ1) is 8.24. The van der Waals surface area contributed by atoms with Crippen molar-refractivity contribution in [1.82, 2.24) is 9.97 Å². The van der Waals surface area contributed by atoms with Gasteiger partial charge in [0.25, 0.3) is 0 Å². The first-order valence-electron chi connectivity index (χ1n) is 5.26. The van der Waals surface area contributed by atoms with Crippen LogP contribution in [0.5, 0.6) is 0 Å². The van der Waals surface area contributed by atoms with Crippen molar-refractivity contribution in [3.8, 4) is 11.3 Å². The highest BCUT2D eigenvalue weighted by Crippen LogP contribution is 2.17. The lowest BCUT2D eigenvalue weighted by Crippen LogP contribution is -2.04. The molecule has 0 aliphatic heterocycles. The van der Waals surface area contributed by atoms with Gasteiger partial charge in [0, 0.05) is 17.8 Å². The highest BCUT2D eigenvalue weighted by molar-refractivity contribution is 5.78. The van der Waals surface area contributed by atoms with Gasteiger partial charge in [0.1, 0.15) is 5.65 Å². The summed E-state index contributed by atoms with van der Waals surface area (Å²) in [6, 6.07) is 5.19. The fraction of sp³-hybridized carbons (Fsp3) is 0.0769. The number of H-pyrrole nitrogens is 1. The van der Waals surface area contributed by atoms with Crippen LogP contribution in [0.4, 0.5) is 0 Å². The Kier molecular flexibility index (Phi) is 2.08. The Morgan fingerprint density at radius 3 is 3.00 bits per heavy atom. The van der Waals surface area contributed by atoms with Crippen LogP contribution in [0, 0.1) is 6.92 Å².